The van der Waals surface area contributed by atoms with Gasteiger partial charge in [-0.1, -0.05) is 170 Å². The first-order valence-electron chi connectivity index (χ1n) is 20.0. The maximum absolute atomic E-state index is 5.32. The summed E-state index contributed by atoms with van der Waals surface area (Å²) >= 11 is 0. The van der Waals surface area contributed by atoms with Crippen LogP contribution in [0.15, 0.2) is 206 Å². The molecule has 0 radical (unpaired) electrons. The lowest BCUT2D eigenvalue weighted by atomic mass is 9.94. The van der Waals surface area contributed by atoms with Crippen LogP contribution in [0, 0.1) is 0 Å². The highest BCUT2D eigenvalue weighted by Crippen LogP contribution is 2.45. The lowest BCUT2D eigenvalue weighted by Crippen LogP contribution is -1.99. The van der Waals surface area contributed by atoms with E-state index in [0.29, 0.717) is 5.82 Å². The summed E-state index contributed by atoms with van der Waals surface area (Å²) in [5.74, 6) is 1.63. The van der Waals surface area contributed by atoms with Crippen molar-refractivity contribution in [3.8, 4) is 84.2 Å². The summed E-state index contributed by atoms with van der Waals surface area (Å²) in [5.41, 5.74) is 17.6. The largest absolute Gasteiger partial charge is 0.291 e. The zero-order valence-corrected chi connectivity index (χ0v) is 31.9. The van der Waals surface area contributed by atoms with E-state index in [1.54, 1.807) is 0 Å². The normalized spacial score (nSPS) is 11.7. The molecule has 0 unspecified atom stereocenters. The SMILES string of the molecule is c1ccc(-c2nc(-c3cccc(-c4cccc(-c5cccc(-c6nc7cccc8c7n6-c6ccccc6-c6ccccc6-8)c5)c4)c3)nc3c2ccc2ccccc23)cc1. The molecule has 0 atom stereocenters. The quantitative estimate of drug-likeness (QED) is 0.165. The van der Waals surface area contributed by atoms with Gasteiger partial charge in [0.05, 0.1) is 27.9 Å². The second-order valence-electron chi connectivity index (χ2n) is 15.2. The molecule has 1 aliphatic rings. The highest BCUT2D eigenvalue weighted by Gasteiger charge is 2.25. The molecule has 4 nitrogen and oxygen atoms in total. The third-order valence-electron chi connectivity index (χ3n) is 11.7. The number of hydrogen-bond donors (Lipinski definition) is 0. The highest BCUT2D eigenvalue weighted by molar-refractivity contribution is 6.10. The Bertz CT molecular complexity index is 3450. The lowest BCUT2D eigenvalue weighted by molar-refractivity contribution is 1.11. The van der Waals surface area contributed by atoms with E-state index in [2.05, 4.69) is 205 Å². The molecule has 3 heterocycles. The topological polar surface area (TPSA) is 43.6 Å². The van der Waals surface area contributed by atoms with Crippen molar-refractivity contribution >= 4 is 32.7 Å². The van der Waals surface area contributed by atoms with E-state index in [4.69, 9.17) is 15.0 Å². The van der Waals surface area contributed by atoms with Crippen LogP contribution in [0.3, 0.4) is 0 Å². The average molecular weight is 751 g/mol. The molecule has 274 valence electrons. The number of fused-ring (bicyclic) bond motifs is 8. The molecule has 0 aliphatic carbocycles. The molecule has 0 bridgehead atoms. The second kappa shape index (κ2) is 13.3. The second-order valence-corrected chi connectivity index (χ2v) is 15.2. The van der Waals surface area contributed by atoms with Crippen LogP contribution in [0.25, 0.3) is 117 Å². The summed E-state index contributed by atoms with van der Waals surface area (Å²) in [6.07, 6.45) is 0. The summed E-state index contributed by atoms with van der Waals surface area (Å²) in [7, 11) is 0. The predicted octanol–water partition coefficient (Wildman–Crippen LogP) is 14.1. The smallest absolute Gasteiger partial charge is 0.160 e. The van der Waals surface area contributed by atoms with E-state index in [0.717, 1.165) is 88.9 Å². The van der Waals surface area contributed by atoms with Gasteiger partial charge in [0.15, 0.2) is 5.82 Å². The van der Waals surface area contributed by atoms with Gasteiger partial charge in [-0.05, 0) is 75.2 Å². The van der Waals surface area contributed by atoms with Gasteiger partial charge in [-0.25, -0.2) is 15.0 Å². The van der Waals surface area contributed by atoms with Crippen molar-refractivity contribution < 1.29 is 0 Å². The third-order valence-corrected chi connectivity index (χ3v) is 11.7. The van der Waals surface area contributed by atoms with E-state index in [-0.39, 0.29) is 0 Å². The number of hydrogen-bond acceptors (Lipinski definition) is 3. The summed E-state index contributed by atoms with van der Waals surface area (Å²) in [6, 6.07) is 73.3. The molecule has 1 aliphatic heterocycles. The Morgan fingerprint density at radius 3 is 1.68 bits per heavy atom. The molecule has 4 heteroatoms. The molecular formula is C55H34N4. The molecule has 2 aromatic heterocycles. The van der Waals surface area contributed by atoms with Crippen LogP contribution < -0.4 is 0 Å². The number of aromatic nitrogens is 4. The van der Waals surface area contributed by atoms with Crippen molar-refractivity contribution in [3.63, 3.8) is 0 Å². The molecule has 0 saturated carbocycles. The number of imidazole rings is 1. The number of benzene rings is 9. The minimum Gasteiger partial charge on any atom is -0.291 e. The van der Waals surface area contributed by atoms with Crippen molar-refractivity contribution in [3.05, 3.63) is 206 Å². The van der Waals surface area contributed by atoms with Crippen LogP contribution in [-0.2, 0) is 0 Å². The van der Waals surface area contributed by atoms with Crippen LogP contribution >= 0.6 is 0 Å². The van der Waals surface area contributed by atoms with E-state index >= 15 is 0 Å². The van der Waals surface area contributed by atoms with E-state index < -0.39 is 0 Å². The van der Waals surface area contributed by atoms with Gasteiger partial charge in [0, 0.05) is 38.6 Å². The predicted molar refractivity (Wildman–Crippen MR) is 243 cm³/mol. The standard InChI is InChI=1S/C55H34N4/c1-2-15-36(16-3-1)51-48-31-30-35-14-4-5-23-43(35)52(48)58-54(57-51)41-21-11-19-39(33-41)37-17-10-18-38(32-37)40-20-12-22-42(34-40)55-56-49-28-13-27-47-45-25-7-6-24-44(45)46-26-8-9-29-50(46)59(55)53(47)49/h1-34H. The Balaban J connectivity index is 0.960. The summed E-state index contributed by atoms with van der Waals surface area (Å²) in [4.78, 5) is 15.8. The minimum atomic E-state index is 0.707. The van der Waals surface area contributed by atoms with Crippen LogP contribution in [-0.4, -0.2) is 19.5 Å². The van der Waals surface area contributed by atoms with Gasteiger partial charge in [-0.15, -0.1) is 0 Å². The monoisotopic (exact) mass is 750 g/mol. The van der Waals surface area contributed by atoms with Gasteiger partial charge >= 0.3 is 0 Å². The van der Waals surface area contributed by atoms with Gasteiger partial charge in [0.1, 0.15) is 5.82 Å². The van der Waals surface area contributed by atoms with Crippen molar-refractivity contribution in [2.24, 2.45) is 0 Å². The van der Waals surface area contributed by atoms with Gasteiger partial charge in [-0.2, -0.15) is 0 Å². The summed E-state index contributed by atoms with van der Waals surface area (Å²) in [6.45, 7) is 0. The van der Waals surface area contributed by atoms with Crippen molar-refractivity contribution in [2.45, 2.75) is 0 Å². The molecule has 0 saturated heterocycles. The van der Waals surface area contributed by atoms with Gasteiger partial charge < -0.3 is 0 Å². The van der Waals surface area contributed by atoms with Crippen LogP contribution in [0.1, 0.15) is 0 Å². The van der Waals surface area contributed by atoms with Crippen LogP contribution in [0.2, 0.25) is 0 Å². The molecular weight excluding hydrogens is 717 g/mol. The first-order valence-corrected chi connectivity index (χ1v) is 20.0. The van der Waals surface area contributed by atoms with Crippen molar-refractivity contribution in [2.75, 3.05) is 0 Å². The maximum atomic E-state index is 5.32. The van der Waals surface area contributed by atoms with Crippen LogP contribution in [0.4, 0.5) is 0 Å². The Morgan fingerprint density at radius 1 is 0.339 bits per heavy atom. The van der Waals surface area contributed by atoms with Gasteiger partial charge in [0.2, 0.25) is 0 Å². The molecule has 9 aromatic carbocycles. The first-order chi connectivity index (χ1) is 29.2. The fourth-order valence-electron chi connectivity index (χ4n) is 8.98. The molecule has 0 N–H and O–H groups in total. The molecule has 0 amide bonds. The van der Waals surface area contributed by atoms with E-state index in [1.807, 2.05) is 6.07 Å². The van der Waals surface area contributed by atoms with Gasteiger partial charge in [-0.3, -0.25) is 4.57 Å². The highest BCUT2D eigenvalue weighted by atomic mass is 15.1. The molecule has 0 spiro atoms. The van der Waals surface area contributed by atoms with Gasteiger partial charge in [0.25, 0.3) is 0 Å². The van der Waals surface area contributed by atoms with E-state index in [1.165, 1.54) is 22.3 Å². The van der Waals surface area contributed by atoms with Crippen LogP contribution in [0.5, 0.6) is 0 Å². The van der Waals surface area contributed by atoms with E-state index in [9.17, 15) is 0 Å². The third kappa shape index (κ3) is 5.42. The first kappa shape index (κ1) is 33.2. The van der Waals surface area contributed by atoms with Crippen molar-refractivity contribution in [1.82, 2.24) is 19.5 Å². The molecule has 12 rings (SSSR count). The Labute approximate surface area is 341 Å². The fourth-order valence-corrected chi connectivity index (χ4v) is 8.98. The zero-order chi connectivity index (χ0) is 38.9. The lowest BCUT2D eigenvalue weighted by Gasteiger charge is -2.14. The number of nitrogens with zero attached hydrogens (tertiary/aromatic N) is 4. The average Bonchev–Trinajstić information content (AvgIpc) is 3.66. The van der Waals surface area contributed by atoms with Crippen molar-refractivity contribution in [1.29, 1.82) is 0 Å². The summed E-state index contributed by atoms with van der Waals surface area (Å²) < 4.78 is 2.36. The number of rotatable bonds is 5. The summed E-state index contributed by atoms with van der Waals surface area (Å²) in [5, 5.41) is 3.33. The molecule has 59 heavy (non-hydrogen) atoms. The fraction of sp³-hybridized carbons (Fsp3) is 0. The molecule has 0 fully saturated rings. The molecule has 11 aromatic rings. The maximum Gasteiger partial charge on any atom is 0.160 e. The zero-order valence-electron chi connectivity index (χ0n) is 31.9. The Morgan fingerprint density at radius 2 is 0.898 bits per heavy atom. The Hall–Kier alpha value is -7.95. The Kier molecular flexibility index (Phi) is 7.50. The minimum absolute atomic E-state index is 0.707. The number of para-hydroxylation sites is 2.